The van der Waals surface area contributed by atoms with Gasteiger partial charge in [-0.2, -0.15) is 0 Å². The van der Waals surface area contributed by atoms with E-state index in [0.29, 0.717) is 0 Å². The smallest absolute Gasteiger partial charge is 0.341 e. The number of phosphoric acid groups is 2. The van der Waals surface area contributed by atoms with Crippen molar-refractivity contribution in [2.75, 3.05) is 26.4 Å². The van der Waals surface area contributed by atoms with Crippen molar-refractivity contribution in [1.29, 1.82) is 0 Å². The number of hydrogen-bond donors (Lipinski definition) is 0. The van der Waals surface area contributed by atoms with Gasteiger partial charge in [0.05, 0.1) is 26.4 Å². The van der Waals surface area contributed by atoms with Crippen LogP contribution in [0, 0.1) is 0 Å². The van der Waals surface area contributed by atoms with E-state index >= 15 is 0 Å². The second kappa shape index (κ2) is 10.5. The molecule has 29 heavy (non-hydrogen) atoms. The maximum atomic E-state index is 12.8. The van der Waals surface area contributed by atoms with Crippen molar-refractivity contribution in [3.8, 4) is 0 Å². The Morgan fingerprint density at radius 3 is 1.31 bits per heavy atom. The molecule has 0 radical (unpaired) electrons. The van der Waals surface area contributed by atoms with Gasteiger partial charge < -0.3 is 9.47 Å². The second-order valence-electron chi connectivity index (χ2n) is 6.66. The minimum absolute atomic E-state index is 0.155. The summed E-state index contributed by atoms with van der Waals surface area (Å²) in [4.78, 5) is 0. The fourth-order valence-corrected chi connectivity index (χ4v) is 5.71. The molecule has 1 aliphatic carbocycles. The first-order valence-electron chi connectivity index (χ1n) is 9.79. The van der Waals surface area contributed by atoms with E-state index in [1.165, 1.54) is 0 Å². The SMILES string of the molecule is CCOP(=O)(OCC)O[C@H]1C=C[C@@H](OP(=O)(OCC)OCC)[C@@H]2OC(C)(C)O[C@@H]21. The molecule has 10 nitrogen and oxygen atoms in total. The van der Waals surface area contributed by atoms with E-state index in [4.69, 9.17) is 36.6 Å². The Labute approximate surface area is 172 Å². The van der Waals surface area contributed by atoms with Gasteiger partial charge in [-0.1, -0.05) is 12.2 Å². The molecular formula is C17H32O10P2. The molecule has 1 aliphatic heterocycles. The maximum absolute atomic E-state index is 12.8. The van der Waals surface area contributed by atoms with Crippen LogP contribution in [0.25, 0.3) is 0 Å². The van der Waals surface area contributed by atoms with Crippen LogP contribution >= 0.6 is 15.6 Å². The van der Waals surface area contributed by atoms with Crippen LogP contribution in [-0.2, 0) is 45.7 Å². The van der Waals surface area contributed by atoms with Gasteiger partial charge in [-0.05, 0) is 41.5 Å². The van der Waals surface area contributed by atoms with E-state index in [1.807, 2.05) is 0 Å². The first-order chi connectivity index (χ1) is 13.6. The van der Waals surface area contributed by atoms with E-state index in [2.05, 4.69) is 0 Å². The topological polar surface area (TPSA) is 108 Å². The lowest BCUT2D eigenvalue weighted by molar-refractivity contribution is -0.155. The highest BCUT2D eigenvalue weighted by molar-refractivity contribution is 7.48. The average molecular weight is 458 g/mol. The van der Waals surface area contributed by atoms with Gasteiger partial charge in [0.2, 0.25) is 0 Å². The summed E-state index contributed by atoms with van der Waals surface area (Å²) in [6.45, 7) is 10.8. The summed E-state index contributed by atoms with van der Waals surface area (Å²) in [5.41, 5.74) is 0. The standard InChI is InChI=1S/C17H32O10P2/c1-7-20-28(18,21-8-2)26-13-11-12-14(16-15(13)24-17(5,6)25-16)27-29(19,22-9-3)23-10-4/h11-16H,7-10H2,1-6H3/t13-,14+,15+,16-. The van der Waals surface area contributed by atoms with Gasteiger partial charge in [0, 0.05) is 0 Å². The molecule has 0 unspecified atom stereocenters. The van der Waals surface area contributed by atoms with Crippen molar-refractivity contribution in [2.45, 2.75) is 71.7 Å². The van der Waals surface area contributed by atoms with Gasteiger partial charge in [0.25, 0.3) is 0 Å². The molecule has 0 aromatic heterocycles. The molecule has 1 saturated heterocycles. The summed E-state index contributed by atoms with van der Waals surface area (Å²) in [6, 6.07) is 0. The summed E-state index contributed by atoms with van der Waals surface area (Å²) in [5.74, 6) is -0.965. The van der Waals surface area contributed by atoms with Crippen LogP contribution in [-0.4, -0.2) is 56.6 Å². The minimum atomic E-state index is -3.79. The van der Waals surface area contributed by atoms with Gasteiger partial charge >= 0.3 is 15.6 Å². The van der Waals surface area contributed by atoms with Gasteiger partial charge in [0.15, 0.2) is 5.79 Å². The predicted octanol–water partition coefficient (Wildman–Crippen LogP) is 4.21. The molecule has 1 fully saturated rings. The molecule has 1 heterocycles. The van der Waals surface area contributed by atoms with Gasteiger partial charge in [0.1, 0.15) is 24.4 Å². The molecule has 0 amide bonds. The highest BCUT2D eigenvalue weighted by atomic mass is 31.2. The molecule has 0 aromatic rings. The number of fused-ring (bicyclic) bond motifs is 1. The second-order valence-corrected chi connectivity index (χ2v) is 9.90. The summed E-state index contributed by atoms with van der Waals surface area (Å²) < 4.78 is 69.7. The third-order valence-electron chi connectivity index (χ3n) is 3.95. The third-order valence-corrected chi connectivity index (χ3v) is 7.25. The largest absolute Gasteiger partial charge is 0.475 e. The Kier molecular flexibility index (Phi) is 9.07. The highest BCUT2D eigenvalue weighted by Crippen LogP contribution is 2.55. The van der Waals surface area contributed by atoms with E-state index in [-0.39, 0.29) is 26.4 Å². The summed E-state index contributed by atoms with van der Waals surface area (Å²) in [7, 11) is -7.59. The normalized spacial score (nSPS) is 29.2. The average Bonchev–Trinajstić information content (AvgIpc) is 2.94. The molecule has 4 atom stereocenters. The zero-order valence-electron chi connectivity index (χ0n) is 17.8. The Bertz CT molecular complexity index is 580. The third kappa shape index (κ3) is 6.68. The van der Waals surface area contributed by atoms with Gasteiger partial charge in [-0.25, -0.2) is 9.13 Å². The minimum Gasteiger partial charge on any atom is -0.341 e. The van der Waals surface area contributed by atoms with E-state index in [1.54, 1.807) is 53.7 Å². The molecule has 0 spiro atoms. The number of ether oxygens (including phenoxy) is 2. The Morgan fingerprint density at radius 1 is 0.724 bits per heavy atom. The van der Waals surface area contributed by atoms with Crippen molar-refractivity contribution in [3.05, 3.63) is 12.2 Å². The van der Waals surface area contributed by atoms with Crippen molar-refractivity contribution < 1.29 is 45.7 Å². The lowest BCUT2D eigenvalue weighted by atomic mass is 9.96. The zero-order chi connectivity index (χ0) is 21.7. The van der Waals surface area contributed by atoms with Crippen LogP contribution < -0.4 is 0 Å². The van der Waals surface area contributed by atoms with E-state index < -0.39 is 45.8 Å². The van der Waals surface area contributed by atoms with Crippen LogP contribution in [0.15, 0.2) is 12.2 Å². The summed E-state index contributed by atoms with van der Waals surface area (Å²) >= 11 is 0. The molecule has 12 heteroatoms. The molecule has 0 aromatic carbocycles. The monoisotopic (exact) mass is 458 g/mol. The van der Waals surface area contributed by atoms with Crippen molar-refractivity contribution in [3.63, 3.8) is 0 Å². The Morgan fingerprint density at radius 2 is 1.03 bits per heavy atom. The first-order valence-corrected chi connectivity index (χ1v) is 12.7. The molecule has 2 rings (SSSR count). The van der Waals surface area contributed by atoms with Gasteiger partial charge in [-0.15, -0.1) is 0 Å². The summed E-state index contributed by atoms with van der Waals surface area (Å²) in [6.07, 6.45) is 0.220. The Balaban J connectivity index is 2.25. The summed E-state index contributed by atoms with van der Waals surface area (Å²) in [5, 5.41) is 0. The van der Waals surface area contributed by atoms with Crippen molar-refractivity contribution in [1.82, 2.24) is 0 Å². The van der Waals surface area contributed by atoms with Crippen LogP contribution in [0.5, 0.6) is 0 Å². The molecule has 170 valence electrons. The zero-order valence-corrected chi connectivity index (χ0v) is 19.6. The fraction of sp³-hybridized carbons (Fsp3) is 0.882. The molecule has 2 aliphatic rings. The lowest BCUT2D eigenvalue weighted by Gasteiger charge is -2.34. The molecule has 0 bridgehead atoms. The van der Waals surface area contributed by atoms with Gasteiger partial charge in [-0.3, -0.25) is 27.1 Å². The van der Waals surface area contributed by atoms with Crippen molar-refractivity contribution >= 4 is 15.6 Å². The predicted molar refractivity (Wildman–Crippen MR) is 104 cm³/mol. The molecule has 0 N–H and O–H groups in total. The maximum Gasteiger partial charge on any atom is 0.475 e. The quantitative estimate of drug-likeness (QED) is 0.312. The number of hydrogen-bond acceptors (Lipinski definition) is 10. The van der Waals surface area contributed by atoms with Crippen LogP contribution in [0.2, 0.25) is 0 Å². The van der Waals surface area contributed by atoms with E-state index in [0.717, 1.165) is 0 Å². The van der Waals surface area contributed by atoms with Crippen LogP contribution in [0.4, 0.5) is 0 Å². The molecule has 0 saturated carbocycles. The van der Waals surface area contributed by atoms with Crippen LogP contribution in [0.1, 0.15) is 41.5 Å². The lowest BCUT2D eigenvalue weighted by Crippen LogP contribution is -2.46. The highest BCUT2D eigenvalue weighted by Gasteiger charge is 2.53. The van der Waals surface area contributed by atoms with Crippen molar-refractivity contribution in [2.24, 2.45) is 0 Å². The first kappa shape index (κ1) is 25.1. The Hall–Kier alpha value is -0.120. The molecular weight excluding hydrogens is 426 g/mol. The van der Waals surface area contributed by atoms with Crippen LogP contribution in [0.3, 0.4) is 0 Å². The fourth-order valence-electron chi connectivity index (χ4n) is 3.08. The van der Waals surface area contributed by atoms with E-state index in [9.17, 15) is 9.13 Å². The number of phosphoric ester groups is 2. The number of rotatable bonds is 12.